The maximum absolute atomic E-state index is 13.6. The van der Waals surface area contributed by atoms with E-state index in [0.717, 1.165) is 11.6 Å². The fourth-order valence-electron chi connectivity index (χ4n) is 2.14. The molecular formula is C18H12F4N4O. The van der Waals surface area contributed by atoms with E-state index in [4.69, 9.17) is 0 Å². The summed E-state index contributed by atoms with van der Waals surface area (Å²) < 4.78 is 52.5. The second-order valence-electron chi connectivity index (χ2n) is 5.45. The maximum atomic E-state index is 13.6. The van der Waals surface area contributed by atoms with E-state index in [9.17, 15) is 22.4 Å². The van der Waals surface area contributed by atoms with Gasteiger partial charge in [0.05, 0.1) is 11.3 Å². The quantitative estimate of drug-likeness (QED) is 0.524. The average molecular weight is 376 g/mol. The third-order valence-corrected chi connectivity index (χ3v) is 3.56. The number of amides is 1. The third-order valence-electron chi connectivity index (χ3n) is 3.56. The Morgan fingerprint density at radius 3 is 2.22 bits per heavy atom. The number of aromatic nitrogens is 2. The standard InChI is InChI=1S/C18H12F4N4O/c19-12-3-1-10(2-4-12)7-23-18-24-8-11(9-25-18)17(27)26-14-6-5-13(20)15(21)16(14)22/h1-6,8-9H,7H2,(H,26,27)(H,23,24,25). The molecule has 138 valence electrons. The summed E-state index contributed by atoms with van der Waals surface area (Å²) in [6.07, 6.45) is 2.38. The highest BCUT2D eigenvalue weighted by Gasteiger charge is 2.16. The lowest BCUT2D eigenvalue weighted by Gasteiger charge is -2.08. The van der Waals surface area contributed by atoms with Gasteiger partial charge in [-0.15, -0.1) is 0 Å². The molecule has 0 spiro atoms. The van der Waals surface area contributed by atoms with Gasteiger partial charge in [0.2, 0.25) is 5.95 Å². The summed E-state index contributed by atoms with van der Waals surface area (Å²) >= 11 is 0. The van der Waals surface area contributed by atoms with E-state index in [2.05, 4.69) is 20.6 Å². The first-order chi connectivity index (χ1) is 12.9. The SMILES string of the molecule is O=C(Nc1ccc(F)c(F)c1F)c1cnc(NCc2ccc(F)cc2)nc1. The monoisotopic (exact) mass is 376 g/mol. The topological polar surface area (TPSA) is 66.9 Å². The Balaban J connectivity index is 1.63. The molecule has 0 aliphatic carbocycles. The normalized spacial score (nSPS) is 10.5. The highest BCUT2D eigenvalue weighted by Crippen LogP contribution is 2.20. The van der Waals surface area contributed by atoms with Gasteiger partial charge in [-0.1, -0.05) is 12.1 Å². The molecule has 9 heteroatoms. The van der Waals surface area contributed by atoms with Gasteiger partial charge in [0, 0.05) is 18.9 Å². The molecule has 0 radical (unpaired) electrons. The molecule has 1 amide bonds. The van der Waals surface area contributed by atoms with Crippen LogP contribution in [0.4, 0.5) is 29.2 Å². The van der Waals surface area contributed by atoms with Crippen molar-refractivity contribution >= 4 is 17.5 Å². The second kappa shape index (κ2) is 7.81. The van der Waals surface area contributed by atoms with Crippen LogP contribution in [0.5, 0.6) is 0 Å². The highest BCUT2D eigenvalue weighted by molar-refractivity contribution is 6.03. The number of nitrogens with one attached hydrogen (secondary N) is 2. The summed E-state index contributed by atoms with van der Waals surface area (Å²) in [6.45, 7) is 0.339. The van der Waals surface area contributed by atoms with Gasteiger partial charge >= 0.3 is 0 Å². The Kier molecular flexibility index (Phi) is 5.30. The van der Waals surface area contributed by atoms with E-state index in [-0.39, 0.29) is 17.3 Å². The van der Waals surface area contributed by atoms with Crippen LogP contribution >= 0.6 is 0 Å². The van der Waals surface area contributed by atoms with Crippen molar-refractivity contribution in [3.63, 3.8) is 0 Å². The predicted octanol–water partition coefficient (Wildman–Crippen LogP) is 3.90. The van der Waals surface area contributed by atoms with Crippen molar-refractivity contribution in [2.24, 2.45) is 0 Å². The van der Waals surface area contributed by atoms with Crippen LogP contribution in [0.3, 0.4) is 0 Å². The smallest absolute Gasteiger partial charge is 0.258 e. The fourth-order valence-corrected chi connectivity index (χ4v) is 2.14. The molecular weight excluding hydrogens is 364 g/mol. The Morgan fingerprint density at radius 2 is 1.56 bits per heavy atom. The first kappa shape index (κ1) is 18.3. The Morgan fingerprint density at radius 1 is 0.889 bits per heavy atom. The molecule has 0 unspecified atom stereocenters. The molecule has 5 nitrogen and oxygen atoms in total. The Labute approximate surface area is 151 Å². The van der Waals surface area contributed by atoms with E-state index < -0.39 is 29.0 Å². The molecule has 0 aliphatic heterocycles. The molecule has 3 aromatic rings. The van der Waals surface area contributed by atoms with Crippen LogP contribution in [0, 0.1) is 23.3 Å². The van der Waals surface area contributed by atoms with Gasteiger partial charge in [-0.3, -0.25) is 4.79 Å². The minimum absolute atomic E-state index is 0.00790. The fraction of sp³-hybridized carbons (Fsp3) is 0.0556. The van der Waals surface area contributed by atoms with Crippen LogP contribution in [-0.2, 0) is 6.54 Å². The van der Waals surface area contributed by atoms with Gasteiger partial charge in [0.1, 0.15) is 5.82 Å². The first-order valence-electron chi connectivity index (χ1n) is 7.69. The molecule has 2 aromatic carbocycles. The average Bonchev–Trinajstić information content (AvgIpc) is 2.68. The number of carbonyl (C=O) groups excluding carboxylic acids is 1. The summed E-state index contributed by atoms with van der Waals surface area (Å²) in [6, 6.07) is 7.45. The van der Waals surface area contributed by atoms with E-state index >= 15 is 0 Å². The molecule has 0 fully saturated rings. The lowest BCUT2D eigenvalue weighted by atomic mass is 10.2. The summed E-state index contributed by atoms with van der Waals surface area (Å²) in [7, 11) is 0. The van der Waals surface area contributed by atoms with Crippen molar-refractivity contribution in [2.45, 2.75) is 6.54 Å². The summed E-state index contributed by atoms with van der Waals surface area (Å²) in [5.41, 5.74) is 0.291. The number of halogens is 4. The Hall–Kier alpha value is -3.49. The lowest BCUT2D eigenvalue weighted by Crippen LogP contribution is -2.15. The molecule has 0 aliphatic rings. The lowest BCUT2D eigenvalue weighted by molar-refractivity contribution is 0.102. The number of benzene rings is 2. The molecule has 0 saturated carbocycles. The first-order valence-corrected chi connectivity index (χ1v) is 7.69. The van der Waals surface area contributed by atoms with Gasteiger partial charge in [-0.05, 0) is 29.8 Å². The Bertz CT molecular complexity index is 962. The van der Waals surface area contributed by atoms with Gasteiger partial charge in [-0.25, -0.2) is 27.5 Å². The van der Waals surface area contributed by atoms with Crippen molar-refractivity contribution in [1.29, 1.82) is 0 Å². The van der Waals surface area contributed by atoms with E-state index in [1.54, 1.807) is 12.1 Å². The minimum Gasteiger partial charge on any atom is -0.350 e. The van der Waals surface area contributed by atoms with Crippen molar-refractivity contribution in [3.05, 3.63) is 83.2 Å². The highest BCUT2D eigenvalue weighted by atomic mass is 19.2. The number of hydrogen-bond acceptors (Lipinski definition) is 4. The molecule has 1 heterocycles. The van der Waals surface area contributed by atoms with Crippen molar-refractivity contribution in [1.82, 2.24) is 9.97 Å². The van der Waals surface area contributed by atoms with Crippen LogP contribution in [0.2, 0.25) is 0 Å². The summed E-state index contributed by atoms with van der Waals surface area (Å²) in [5.74, 6) is -5.45. The van der Waals surface area contributed by atoms with Crippen LogP contribution in [0.15, 0.2) is 48.8 Å². The number of hydrogen-bond donors (Lipinski definition) is 2. The molecule has 0 saturated heterocycles. The number of carbonyl (C=O) groups is 1. The minimum atomic E-state index is -1.68. The number of nitrogens with zero attached hydrogens (tertiary/aromatic N) is 2. The largest absolute Gasteiger partial charge is 0.350 e. The molecule has 1 aromatic heterocycles. The molecule has 27 heavy (non-hydrogen) atoms. The summed E-state index contributed by atoms with van der Waals surface area (Å²) in [5, 5.41) is 5.01. The second-order valence-corrected chi connectivity index (χ2v) is 5.45. The summed E-state index contributed by atoms with van der Waals surface area (Å²) in [4.78, 5) is 19.9. The van der Waals surface area contributed by atoms with Crippen molar-refractivity contribution in [2.75, 3.05) is 10.6 Å². The zero-order valence-corrected chi connectivity index (χ0v) is 13.6. The molecule has 3 rings (SSSR count). The van der Waals surface area contributed by atoms with Crippen LogP contribution in [-0.4, -0.2) is 15.9 Å². The third kappa shape index (κ3) is 4.38. The number of rotatable bonds is 5. The van der Waals surface area contributed by atoms with Gasteiger partial charge < -0.3 is 10.6 Å². The number of anilines is 2. The zero-order chi connectivity index (χ0) is 19.4. The molecule has 2 N–H and O–H groups in total. The van der Waals surface area contributed by atoms with Gasteiger partial charge in [0.25, 0.3) is 5.91 Å². The van der Waals surface area contributed by atoms with Crippen molar-refractivity contribution in [3.8, 4) is 0 Å². The van der Waals surface area contributed by atoms with E-state index in [1.165, 1.54) is 24.5 Å². The van der Waals surface area contributed by atoms with Crippen LogP contribution < -0.4 is 10.6 Å². The van der Waals surface area contributed by atoms with Crippen molar-refractivity contribution < 1.29 is 22.4 Å². The van der Waals surface area contributed by atoms with Crippen LogP contribution in [0.25, 0.3) is 0 Å². The van der Waals surface area contributed by atoms with Gasteiger partial charge in [0.15, 0.2) is 17.5 Å². The van der Waals surface area contributed by atoms with Gasteiger partial charge in [-0.2, -0.15) is 0 Å². The zero-order valence-electron chi connectivity index (χ0n) is 13.6. The molecule has 0 bridgehead atoms. The van der Waals surface area contributed by atoms with Crippen LogP contribution in [0.1, 0.15) is 15.9 Å². The van der Waals surface area contributed by atoms with E-state index in [0.29, 0.717) is 12.6 Å². The predicted molar refractivity (Wildman–Crippen MR) is 90.0 cm³/mol. The van der Waals surface area contributed by atoms with E-state index in [1.807, 2.05) is 0 Å². The maximum Gasteiger partial charge on any atom is 0.258 e. The molecule has 0 atom stereocenters.